The Kier molecular flexibility index (Phi) is 18.7. The number of allylic oxidation sites excluding steroid dienone is 2. The fourth-order valence-electron chi connectivity index (χ4n) is 5.55. The highest BCUT2D eigenvalue weighted by molar-refractivity contribution is 6.18. The minimum atomic E-state index is -1.86. The zero-order valence-electron chi connectivity index (χ0n) is 31.2. The first kappa shape index (κ1) is 44.6. The average molecular weight is 766 g/mol. The largest absolute Gasteiger partial charge is 0.479 e. The summed E-state index contributed by atoms with van der Waals surface area (Å²) < 4.78 is 33.2. The Morgan fingerprint density at radius 3 is 2.11 bits per heavy atom. The van der Waals surface area contributed by atoms with E-state index in [2.05, 4.69) is 5.32 Å². The van der Waals surface area contributed by atoms with Crippen molar-refractivity contribution < 1.29 is 72.8 Å². The van der Waals surface area contributed by atoms with Crippen LogP contribution in [0.1, 0.15) is 70.4 Å². The minimum Gasteiger partial charge on any atom is -0.479 e. The molecular weight excluding hydrogens is 710 g/mol. The van der Waals surface area contributed by atoms with Crippen molar-refractivity contribution in [1.82, 2.24) is 5.32 Å². The molecule has 0 unspecified atom stereocenters. The van der Waals surface area contributed by atoms with E-state index in [0.717, 1.165) is 18.4 Å². The summed E-state index contributed by atoms with van der Waals surface area (Å²) in [5.74, 6) is -2.73. The van der Waals surface area contributed by atoms with E-state index in [1.165, 1.54) is 12.2 Å². The van der Waals surface area contributed by atoms with E-state index in [-0.39, 0.29) is 29.8 Å². The van der Waals surface area contributed by atoms with E-state index in [1.807, 2.05) is 0 Å². The molecule has 3 rings (SSSR count). The highest BCUT2D eigenvalue weighted by Crippen LogP contribution is 2.29. The monoisotopic (exact) mass is 765 g/mol. The normalized spacial score (nSPS) is 21.7. The van der Waals surface area contributed by atoms with Gasteiger partial charge in [0.25, 0.3) is 0 Å². The Labute approximate surface area is 315 Å². The lowest BCUT2D eigenvalue weighted by molar-refractivity contribution is -0.271. The second kappa shape index (κ2) is 22.6. The summed E-state index contributed by atoms with van der Waals surface area (Å²) in [6, 6.07) is 5.07. The number of aliphatic hydroxyl groups excluding tert-OH is 3. The van der Waals surface area contributed by atoms with Crippen LogP contribution in [0.25, 0.3) is 0 Å². The van der Waals surface area contributed by atoms with Crippen LogP contribution in [0.3, 0.4) is 0 Å². The molecular formula is C38H55NO15. The Balaban J connectivity index is 1.28. The van der Waals surface area contributed by atoms with Gasteiger partial charge in [-0.3, -0.25) is 19.2 Å². The van der Waals surface area contributed by atoms with E-state index in [1.54, 1.807) is 39.0 Å². The van der Waals surface area contributed by atoms with E-state index in [0.29, 0.717) is 83.9 Å². The summed E-state index contributed by atoms with van der Waals surface area (Å²) in [6.07, 6.45) is -1.88. The van der Waals surface area contributed by atoms with Crippen LogP contribution in [0.15, 0.2) is 30.4 Å². The van der Waals surface area contributed by atoms with Crippen molar-refractivity contribution in [2.75, 3.05) is 46.2 Å². The first-order valence-corrected chi connectivity index (χ1v) is 18.3. The number of hydrogen-bond acceptors (Lipinski definition) is 14. The number of amides is 1. The molecule has 16 nitrogen and oxygen atoms in total. The number of aliphatic carboxylic acids is 1. The molecule has 1 amide bonds. The number of unbranched alkanes of at least 4 members (excludes halogenated alkanes) is 2. The highest BCUT2D eigenvalue weighted by atomic mass is 16.7. The molecule has 1 fully saturated rings. The lowest BCUT2D eigenvalue weighted by Crippen LogP contribution is -2.61. The van der Waals surface area contributed by atoms with Gasteiger partial charge in [-0.25, -0.2) is 4.79 Å². The van der Waals surface area contributed by atoms with Gasteiger partial charge >= 0.3 is 11.9 Å². The topological polar surface area (TPSA) is 234 Å². The van der Waals surface area contributed by atoms with Crippen LogP contribution in [0.2, 0.25) is 0 Å². The molecule has 0 spiro atoms. The van der Waals surface area contributed by atoms with Crippen molar-refractivity contribution in [3.63, 3.8) is 0 Å². The van der Waals surface area contributed by atoms with Crippen molar-refractivity contribution >= 4 is 29.4 Å². The number of ether oxygens (including phenoxy) is 6. The molecule has 2 aliphatic rings. The van der Waals surface area contributed by atoms with Crippen molar-refractivity contribution in [2.45, 2.75) is 103 Å². The van der Waals surface area contributed by atoms with E-state index < -0.39 is 54.0 Å². The summed E-state index contributed by atoms with van der Waals surface area (Å²) in [5, 5.41) is 42.7. The van der Waals surface area contributed by atoms with Gasteiger partial charge in [0.05, 0.1) is 44.4 Å². The summed E-state index contributed by atoms with van der Waals surface area (Å²) in [4.78, 5) is 59.1. The molecule has 0 radical (unpaired) electrons. The predicted octanol–water partition coefficient (Wildman–Crippen LogP) is 1.42. The van der Waals surface area contributed by atoms with E-state index in [4.69, 9.17) is 28.4 Å². The van der Waals surface area contributed by atoms with Crippen molar-refractivity contribution in [1.29, 1.82) is 0 Å². The van der Waals surface area contributed by atoms with Gasteiger partial charge in [-0.1, -0.05) is 18.9 Å². The van der Waals surface area contributed by atoms with Gasteiger partial charge in [0, 0.05) is 25.1 Å². The number of carbonyl (C=O) groups is 5. The van der Waals surface area contributed by atoms with Crippen molar-refractivity contribution in [3.8, 4) is 5.75 Å². The first-order chi connectivity index (χ1) is 25.7. The van der Waals surface area contributed by atoms with E-state index >= 15 is 0 Å². The molecule has 5 atom stereocenters. The third kappa shape index (κ3) is 14.8. The molecule has 0 bridgehead atoms. The SMILES string of the molecule is CC(C)(C)C(=O)OCc1cc(CCCOCCOCCOCCNC(=O)CCCCCC2C(=O)C=CC2=O)ccc1O[C@@H]1O[C@H](C(=O)O)[C@@H](O)[C@H](O)[C@H]1O. The molecule has 1 aliphatic heterocycles. The molecule has 1 saturated heterocycles. The minimum absolute atomic E-state index is 0.0683. The fraction of sp³-hybridized carbons (Fsp3) is 0.658. The fourth-order valence-corrected chi connectivity index (χ4v) is 5.55. The Hall–Kier alpha value is -3.77. The number of carboxylic acids is 1. The number of nitrogens with one attached hydrogen (secondary N) is 1. The second-order valence-electron chi connectivity index (χ2n) is 14.2. The smallest absolute Gasteiger partial charge is 0.335 e. The number of carbonyl (C=O) groups excluding carboxylic acids is 4. The summed E-state index contributed by atoms with van der Waals surface area (Å²) in [5.41, 5.74) is 0.520. The van der Waals surface area contributed by atoms with Gasteiger partial charge < -0.3 is 54.2 Å². The molecule has 1 aromatic rings. The van der Waals surface area contributed by atoms with Gasteiger partial charge in [0.2, 0.25) is 12.2 Å². The third-order valence-electron chi connectivity index (χ3n) is 8.71. The first-order valence-electron chi connectivity index (χ1n) is 18.3. The lowest BCUT2D eigenvalue weighted by Gasteiger charge is -2.38. The summed E-state index contributed by atoms with van der Waals surface area (Å²) in [7, 11) is 0. The molecule has 1 aromatic carbocycles. The van der Waals surface area contributed by atoms with Crippen LogP contribution in [-0.4, -0.2) is 127 Å². The van der Waals surface area contributed by atoms with Crippen LogP contribution in [0, 0.1) is 11.3 Å². The molecule has 1 heterocycles. The van der Waals surface area contributed by atoms with Crippen LogP contribution in [-0.2, 0) is 60.7 Å². The third-order valence-corrected chi connectivity index (χ3v) is 8.71. The van der Waals surface area contributed by atoms with Gasteiger partial charge in [0.1, 0.15) is 30.7 Å². The zero-order valence-corrected chi connectivity index (χ0v) is 31.2. The maximum atomic E-state index is 12.5. The number of ketones is 2. The Morgan fingerprint density at radius 2 is 1.46 bits per heavy atom. The molecule has 5 N–H and O–H groups in total. The van der Waals surface area contributed by atoms with E-state index in [9.17, 15) is 44.4 Å². The maximum Gasteiger partial charge on any atom is 0.335 e. The quantitative estimate of drug-likeness (QED) is 0.0569. The average Bonchev–Trinajstić information content (AvgIpc) is 3.44. The standard InChI is InChI=1S/C38H55NO15/c1-38(2,3)37(48)52-23-25-22-24(11-14-29(25)53-36-33(45)31(43)32(44)34(54-36)35(46)47)8-7-16-49-18-20-51-21-19-50-17-15-39-30(42)10-6-4-5-9-26-27(40)12-13-28(26)41/h11-14,22,26,31-34,36,43-45H,4-10,15-21,23H2,1-3H3,(H,39,42)(H,46,47)/t31-,32-,33+,34-,36+/m0/s1. The molecule has 16 heteroatoms. The summed E-state index contributed by atoms with van der Waals surface area (Å²) >= 11 is 0. The van der Waals surface area contributed by atoms with Crippen LogP contribution < -0.4 is 10.1 Å². The number of rotatable bonds is 24. The van der Waals surface area contributed by atoms with Crippen LogP contribution >= 0.6 is 0 Å². The number of aryl methyl sites for hydroxylation is 1. The number of hydrogen-bond donors (Lipinski definition) is 5. The number of carboxylic acid groups (broad SMARTS) is 1. The maximum absolute atomic E-state index is 12.5. The number of benzene rings is 1. The molecule has 0 aromatic heterocycles. The zero-order chi connectivity index (χ0) is 39.7. The molecule has 54 heavy (non-hydrogen) atoms. The van der Waals surface area contributed by atoms with Gasteiger partial charge in [-0.15, -0.1) is 0 Å². The highest BCUT2D eigenvalue weighted by Gasteiger charge is 2.48. The Bertz CT molecular complexity index is 1410. The van der Waals surface area contributed by atoms with Gasteiger partial charge in [0.15, 0.2) is 17.7 Å². The molecule has 1 aliphatic carbocycles. The van der Waals surface area contributed by atoms with Crippen molar-refractivity contribution in [3.05, 3.63) is 41.5 Å². The lowest BCUT2D eigenvalue weighted by atomic mass is 9.97. The molecule has 0 saturated carbocycles. The number of aliphatic hydroxyl groups is 3. The summed E-state index contributed by atoms with van der Waals surface area (Å²) in [6.45, 7) is 7.61. The van der Waals surface area contributed by atoms with Crippen LogP contribution in [0.4, 0.5) is 0 Å². The molecule has 302 valence electrons. The Morgan fingerprint density at radius 1 is 0.815 bits per heavy atom. The van der Waals surface area contributed by atoms with Gasteiger partial charge in [-0.05, 0) is 76.3 Å². The van der Waals surface area contributed by atoms with Crippen LogP contribution in [0.5, 0.6) is 5.75 Å². The number of esters is 1. The van der Waals surface area contributed by atoms with Crippen molar-refractivity contribution in [2.24, 2.45) is 11.3 Å². The second-order valence-corrected chi connectivity index (χ2v) is 14.2. The van der Waals surface area contributed by atoms with Gasteiger partial charge in [-0.2, -0.15) is 0 Å². The predicted molar refractivity (Wildman–Crippen MR) is 190 cm³/mol.